The molecule has 0 saturated carbocycles. The fourth-order valence-electron chi connectivity index (χ4n) is 1.23. The molecule has 88 valence electrons. The number of halogens is 1. The molecule has 0 aliphatic heterocycles. The summed E-state index contributed by atoms with van der Waals surface area (Å²) in [4.78, 5) is 15.2. The van der Waals surface area contributed by atoms with Crippen LogP contribution >= 0.6 is 15.9 Å². The van der Waals surface area contributed by atoms with Gasteiger partial charge in [0.1, 0.15) is 6.10 Å². The third kappa shape index (κ3) is 2.78. The minimum Gasteiger partial charge on any atom is -0.465 e. The average Bonchev–Trinajstić information content (AvgIpc) is 2.35. The molecule has 0 bridgehead atoms. The lowest BCUT2D eigenvalue weighted by Gasteiger charge is -2.17. The molecule has 2 N–H and O–H groups in total. The predicted octanol–water partition coefficient (Wildman–Crippen LogP) is 0.657. The van der Waals surface area contributed by atoms with Gasteiger partial charge in [-0.2, -0.15) is 0 Å². The van der Waals surface area contributed by atoms with E-state index >= 15 is 0 Å². The number of methoxy groups -OCH3 is 1. The summed E-state index contributed by atoms with van der Waals surface area (Å²) in [6.07, 6.45) is 0.570. The van der Waals surface area contributed by atoms with E-state index in [4.69, 9.17) is 0 Å². The lowest BCUT2D eigenvalue weighted by atomic mass is 10.0. The number of carbonyl (C=O) groups excluding carboxylic acids is 1. The number of rotatable bonds is 4. The third-order valence-corrected chi connectivity index (χ3v) is 2.76. The van der Waals surface area contributed by atoms with Crippen LogP contribution in [0.5, 0.6) is 0 Å². The van der Waals surface area contributed by atoms with Gasteiger partial charge >= 0.3 is 5.97 Å². The van der Waals surface area contributed by atoms with Gasteiger partial charge in [-0.3, -0.25) is 4.98 Å². The SMILES string of the molecule is COC(=O)c1ccncc1C(O)C(O)CBr. The Balaban J connectivity index is 3.08. The lowest BCUT2D eigenvalue weighted by Crippen LogP contribution is -2.22. The summed E-state index contributed by atoms with van der Waals surface area (Å²) in [5.74, 6) is -0.571. The number of ether oxygens (including phenoxy) is 1. The van der Waals surface area contributed by atoms with E-state index in [0.717, 1.165) is 0 Å². The van der Waals surface area contributed by atoms with Crippen molar-refractivity contribution in [1.29, 1.82) is 0 Å². The van der Waals surface area contributed by atoms with Crippen molar-refractivity contribution in [3.05, 3.63) is 29.6 Å². The fourth-order valence-corrected chi connectivity index (χ4v) is 1.58. The number of carbonyl (C=O) groups is 1. The van der Waals surface area contributed by atoms with Crippen molar-refractivity contribution in [3.8, 4) is 0 Å². The van der Waals surface area contributed by atoms with Gasteiger partial charge in [-0.05, 0) is 6.07 Å². The monoisotopic (exact) mass is 289 g/mol. The van der Waals surface area contributed by atoms with E-state index in [-0.39, 0.29) is 16.5 Å². The number of hydrogen-bond donors (Lipinski definition) is 2. The maximum Gasteiger partial charge on any atom is 0.338 e. The smallest absolute Gasteiger partial charge is 0.338 e. The van der Waals surface area contributed by atoms with Crippen molar-refractivity contribution < 1.29 is 19.7 Å². The summed E-state index contributed by atoms with van der Waals surface area (Å²) in [6.45, 7) is 0. The van der Waals surface area contributed by atoms with Crippen LogP contribution < -0.4 is 0 Å². The van der Waals surface area contributed by atoms with Crippen LogP contribution in [0, 0.1) is 0 Å². The summed E-state index contributed by atoms with van der Waals surface area (Å²) in [5.41, 5.74) is 0.450. The molecule has 1 heterocycles. The van der Waals surface area contributed by atoms with Crippen LogP contribution in [0.25, 0.3) is 0 Å². The average molecular weight is 290 g/mol. The molecule has 16 heavy (non-hydrogen) atoms. The van der Waals surface area contributed by atoms with E-state index in [1.807, 2.05) is 0 Å². The first kappa shape index (κ1) is 13.1. The minimum atomic E-state index is -1.18. The molecule has 0 aliphatic rings. The Kier molecular flexibility index (Phi) is 4.85. The van der Waals surface area contributed by atoms with Crippen molar-refractivity contribution in [2.75, 3.05) is 12.4 Å². The Bertz CT molecular complexity index is 372. The molecule has 6 heteroatoms. The number of esters is 1. The van der Waals surface area contributed by atoms with Gasteiger partial charge in [-0.1, -0.05) is 15.9 Å². The van der Waals surface area contributed by atoms with Gasteiger partial charge in [0.2, 0.25) is 0 Å². The zero-order valence-electron chi connectivity index (χ0n) is 8.63. The second-order valence-corrected chi connectivity index (χ2v) is 3.77. The Morgan fingerprint density at radius 3 is 2.88 bits per heavy atom. The zero-order valence-corrected chi connectivity index (χ0v) is 10.2. The summed E-state index contributed by atoms with van der Waals surface area (Å²) >= 11 is 3.04. The van der Waals surface area contributed by atoms with E-state index in [1.54, 1.807) is 0 Å². The van der Waals surface area contributed by atoms with Crippen LogP contribution in [-0.2, 0) is 4.74 Å². The normalized spacial score (nSPS) is 14.2. The number of nitrogens with zero attached hydrogens (tertiary/aromatic N) is 1. The highest BCUT2D eigenvalue weighted by Crippen LogP contribution is 2.21. The molecule has 1 aromatic heterocycles. The number of hydrogen-bond acceptors (Lipinski definition) is 5. The Labute approximate surface area is 101 Å². The molecule has 2 atom stereocenters. The van der Waals surface area contributed by atoms with Crippen molar-refractivity contribution in [2.45, 2.75) is 12.2 Å². The van der Waals surface area contributed by atoms with Crippen LogP contribution in [0.1, 0.15) is 22.0 Å². The molecule has 0 radical (unpaired) electrons. The van der Waals surface area contributed by atoms with Crippen LogP contribution in [0.15, 0.2) is 18.5 Å². The first-order valence-corrected chi connectivity index (χ1v) is 5.68. The van der Waals surface area contributed by atoms with Gasteiger partial charge < -0.3 is 14.9 Å². The molecule has 0 aromatic carbocycles. The van der Waals surface area contributed by atoms with Gasteiger partial charge in [0, 0.05) is 23.3 Å². The molecule has 0 aliphatic carbocycles. The Morgan fingerprint density at radius 1 is 1.62 bits per heavy atom. The van der Waals surface area contributed by atoms with Gasteiger partial charge in [-0.15, -0.1) is 0 Å². The number of alkyl halides is 1. The molecular formula is C10H12BrNO4. The van der Waals surface area contributed by atoms with Crippen molar-refractivity contribution in [1.82, 2.24) is 4.98 Å². The van der Waals surface area contributed by atoms with E-state index in [9.17, 15) is 15.0 Å². The van der Waals surface area contributed by atoms with E-state index in [2.05, 4.69) is 25.7 Å². The Hall–Kier alpha value is -0.980. The molecule has 0 amide bonds. The minimum absolute atomic E-state index is 0.198. The highest BCUT2D eigenvalue weighted by molar-refractivity contribution is 9.09. The van der Waals surface area contributed by atoms with Crippen molar-refractivity contribution in [3.63, 3.8) is 0 Å². The van der Waals surface area contributed by atoms with Crippen LogP contribution in [0.2, 0.25) is 0 Å². The third-order valence-electron chi connectivity index (χ3n) is 2.10. The molecule has 2 unspecified atom stereocenters. The maximum atomic E-state index is 11.4. The van der Waals surface area contributed by atoms with Crippen molar-refractivity contribution in [2.24, 2.45) is 0 Å². The highest BCUT2D eigenvalue weighted by atomic mass is 79.9. The second kappa shape index (κ2) is 5.93. The molecule has 0 saturated heterocycles. The van der Waals surface area contributed by atoms with Crippen LogP contribution in [-0.4, -0.2) is 39.7 Å². The second-order valence-electron chi connectivity index (χ2n) is 3.12. The quantitative estimate of drug-likeness (QED) is 0.629. The number of aromatic nitrogens is 1. The molecule has 0 fully saturated rings. The molecule has 5 nitrogen and oxygen atoms in total. The van der Waals surface area contributed by atoms with Gasteiger partial charge in [0.25, 0.3) is 0 Å². The highest BCUT2D eigenvalue weighted by Gasteiger charge is 2.23. The zero-order chi connectivity index (χ0) is 12.1. The van der Waals surface area contributed by atoms with E-state index in [0.29, 0.717) is 0 Å². The summed E-state index contributed by atoms with van der Waals surface area (Å²) in [5, 5.41) is 19.5. The standard InChI is InChI=1S/C10H12BrNO4/c1-16-10(15)6-2-3-12-5-7(6)9(14)8(13)4-11/h2-3,5,8-9,13-14H,4H2,1H3. The summed E-state index contributed by atoms with van der Waals surface area (Å²) < 4.78 is 4.57. The number of pyridine rings is 1. The largest absolute Gasteiger partial charge is 0.465 e. The first-order valence-electron chi connectivity index (χ1n) is 4.56. The Morgan fingerprint density at radius 2 is 2.31 bits per heavy atom. The van der Waals surface area contributed by atoms with Crippen LogP contribution in [0.3, 0.4) is 0 Å². The number of aliphatic hydroxyl groups is 2. The van der Waals surface area contributed by atoms with E-state index in [1.165, 1.54) is 25.6 Å². The summed E-state index contributed by atoms with van der Waals surface area (Å²) in [7, 11) is 1.25. The van der Waals surface area contributed by atoms with Crippen molar-refractivity contribution >= 4 is 21.9 Å². The summed E-state index contributed by atoms with van der Waals surface area (Å²) in [6, 6.07) is 1.44. The number of aliphatic hydroxyl groups excluding tert-OH is 2. The van der Waals surface area contributed by atoms with Gasteiger partial charge in [-0.25, -0.2) is 4.79 Å². The molecule has 0 spiro atoms. The molecule has 1 rings (SSSR count). The molecule has 1 aromatic rings. The fraction of sp³-hybridized carbons (Fsp3) is 0.400. The topological polar surface area (TPSA) is 79.7 Å². The van der Waals surface area contributed by atoms with Gasteiger partial charge in [0.05, 0.1) is 18.8 Å². The van der Waals surface area contributed by atoms with Crippen LogP contribution in [0.4, 0.5) is 0 Å². The molecular weight excluding hydrogens is 278 g/mol. The predicted molar refractivity (Wildman–Crippen MR) is 60.3 cm³/mol. The first-order chi connectivity index (χ1) is 7.61. The van der Waals surface area contributed by atoms with Gasteiger partial charge in [0.15, 0.2) is 0 Å². The van der Waals surface area contributed by atoms with E-state index < -0.39 is 18.2 Å². The lowest BCUT2D eigenvalue weighted by molar-refractivity contribution is 0.0320. The maximum absolute atomic E-state index is 11.4.